The predicted molar refractivity (Wildman–Crippen MR) is 121 cm³/mol. The molecule has 3 heterocycles. The highest BCUT2D eigenvalue weighted by Gasteiger charge is 2.37. The second-order valence-electron chi connectivity index (χ2n) is 7.75. The van der Waals surface area contributed by atoms with Gasteiger partial charge in [0.25, 0.3) is 0 Å². The molecule has 11 heteroatoms. The van der Waals surface area contributed by atoms with E-state index in [1.54, 1.807) is 30.6 Å². The summed E-state index contributed by atoms with van der Waals surface area (Å²) in [7, 11) is 0. The largest absolute Gasteiger partial charge is 0.414 e. The minimum Gasteiger partial charge on any atom is -0.384 e. The minimum absolute atomic E-state index is 0.213. The van der Waals surface area contributed by atoms with Crippen molar-refractivity contribution < 1.29 is 18.3 Å². The SMILES string of the molecule is CC(C)c1cnnc(Nc2ccc3ncc(C(C=N)C=NCCC(O)C(F)(F)F)cc3n2)c1. The van der Waals surface area contributed by atoms with Crippen LogP contribution in [0.5, 0.6) is 0 Å². The van der Waals surface area contributed by atoms with Crippen molar-refractivity contribution in [3.63, 3.8) is 0 Å². The standard InChI is InChI=1S/C22H24F3N7O/c1-13(2)14-8-21(32-29-12-14)31-20-4-3-17-18(30-20)7-15(11-28-17)16(9-26)10-27-6-5-19(33)22(23,24)25/h3-4,7-13,16,19,26,33H,5-6H2,1-2H3,(H,30,31,32). The van der Waals surface area contributed by atoms with Gasteiger partial charge in [-0.3, -0.25) is 9.98 Å². The van der Waals surface area contributed by atoms with Crippen LogP contribution in [-0.2, 0) is 0 Å². The van der Waals surface area contributed by atoms with Gasteiger partial charge in [0.2, 0.25) is 0 Å². The zero-order valence-electron chi connectivity index (χ0n) is 18.1. The smallest absolute Gasteiger partial charge is 0.384 e. The van der Waals surface area contributed by atoms with Crippen LogP contribution in [0, 0.1) is 5.41 Å². The number of anilines is 2. The second-order valence-corrected chi connectivity index (χ2v) is 7.75. The molecular weight excluding hydrogens is 435 g/mol. The Morgan fingerprint density at radius 1 is 1.12 bits per heavy atom. The van der Waals surface area contributed by atoms with Gasteiger partial charge in [0.1, 0.15) is 5.82 Å². The third kappa shape index (κ3) is 6.51. The molecule has 0 spiro atoms. The van der Waals surface area contributed by atoms with Gasteiger partial charge in [-0.15, -0.1) is 5.10 Å². The Balaban J connectivity index is 1.75. The lowest BCUT2D eigenvalue weighted by molar-refractivity contribution is -0.204. The molecule has 0 aliphatic rings. The molecule has 33 heavy (non-hydrogen) atoms. The Bertz CT molecular complexity index is 1130. The monoisotopic (exact) mass is 459 g/mol. The molecule has 0 amide bonds. The van der Waals surface area contributed by atoms with Crippen LogP contribution in [0.25, 0.3) is 11.0 Å². The highest BCUT2D eigenvalue weighted by Crippen LogP contribution is 2.23. The van der Waals surface area contributed by atoms with E-state index in [0.29, 0.717) is 34.2 Å². The normalized spacial score (nSPS) is 14.0. The number of rotatable bonds is 9. The summed E-state index contributed by atoms with van der Waals surface area (Å²) in [4.78, 5) is 12.8. The molecule has 3 rings (SSSR count). The molecule has 0 aliphatic heterocycles. The molecule has 3 N–H and O–H groups in total. The van der Waals surface area contributed by atoms with Crippen molar-refractivity contribution in [3.8, 4) is 0 Å². The van der Waals surface area contributed by atoms with Crippen molar-refractivity contribution in [2.45, 2.75) is 44.4 Å². The first-order chi connectivity index (χ1) is 15.7. The average Bonchev–Trinajstić information content (AvgIpc) is 2.78. The van der Waals surface area contributed by atoms with Gasteiger partial charge in [-0.05, 0) is 41.3 Å². The quantitative estimate of drug-likeness (QED) is 0.408. The van der Waals surface area contributed by atoms with Crippen molar-refractivity contribution >= 4 is 35.1 Å². The Kier molecular flexibility index (Phi) is 7.64. The molecule has 0 radical (unpaired) electrons. The average molecular weight is 459 g/mol. The lowest BCUT2D eigenvalue weighted by Gasteiger charge is -2.13. The summed E-state index contributed by atoms with van der Waals surface area (Å²) in [5.74, 6) is 0.811. The van der Waals surface area contributed by atoms with E-state index in [1.807, 2.05) is 6.07 Å². The van der Waals surface area contributed by atoms with Crippen LogP contribution in [0.15, 0.2) is 41.7 Å². The highest BCUT2D eigenvalue weighted by atomic mass is 19.4. The van der Waals surface area contributed by atoms with Gasteiger partial charge in [0, 0.05) is 31.6 Å². The van der Waals surface area contributed by atoms with Crippen LogP contribution in [-0.4, -0.2) is 56.5 Å². The molecule has 3 aromatic heterocycles. The number of hydrogen-bond acceptors (Lipinski definition) is 8. The molecule has 0 saturated carbocycles. The zero-order valence-corrected chi connectivity index (χ0v) is 18.1. The number of hydrogen-bond donors (Lipinski definition) is 3. The summed E-state index contributed by atoms with van der Waals surface area (Å²) < 4.78 is 37.1. The third-order valence-corrected chi connectivity index (χ3v) is 4.90. The summed E-state index contributed by atoms with van der Waals surface area (Å²) in [6, 6.07) is 7.20. The summed E-state index contributed by atoms with van der Waals surface area (Å²) >= 11 is 0. The predicted octanol–water partition coefficient (Wildman–Crippen LogP) is 4.40. The number of aliphatic hydroxyl groups excluding tert-OH is 1. The van der Waals surface area contributed by atoms with E-state index < -0.39 is 24.6 Å². The summed E-state index contributed by atoms with van der Waals surface area (Å²) in [5, 5.41) is 27.9. The number of aliphatic hydroxyl groups is 1. The number of nitrogens with zero attached hydrogens (tertiary/aromatic N) is 5. The van der Waals surface area contributed by atoms with Crippen LogP contribution in [0.1, 0.15) is 43.2 Å². The fourth-order valence-corrected chi connectivity index (χ4v) is 2.94. The first-order valence-corrected chi connectivity index (χ1v) is 10.3. The van der Waals surface area contributed by atoms with Crippen LogP contribution < -0.4 is 5.32 Å². The van der Waals surface area contributed by atoms with Gasteiger partial charge in [0.05, 0.1) is 23.1 Å². The molecule has 2 unspecified atom stereocenters. The molecule has 8 nitrogen and oxygen atoms in total. The lowest BCUT2D eigenvalue weighted by Crippen LogP contribution is -2.29. The molecule has 0 fully saturated rings. The number of aromatic nitrogens is 4. The van der Waals surface area contributed by atoms with Crippen LogP contribution >= 0.6 is 0 Å². The van der Waals surface area contributed by atoms with Crippen molar-refractivity contribution in [2.24, 2.45) is 4.99 Å². The molecule has 0 saturated heterocycles. The molecule has 0 bridgehead atoms. The zero-order chi connectivity index (χ0) is 24.0. The van der Waals surface area contributed by atoms with Crippen LogP contribution in [0.2, 0.25) is 0 Å². The highest BCUT2D eigenvalue weighted by molar-refractivity contribution is 5.90. The van der Waals surface area contributed by atoms with Gasteiger partial charge in [-0.2, -0.15) is 18.3 Å². The van der Waals surface area contributed by atoms with Crippen LogP contribution in [0.4, 0.5) is 24.8 Å². The van der Waals surface area contributed by atoms with Gasteiger partial charge in [-0.25, -0.2) is 4.98 Å². The van der Waals surface area contributed by atoms with Gasteiger partial charge in [-0.1, -0.05) is 13.8 Å². The second kappa shape index (κ2) is 10.4. The Morgan fingerprint density at radius 3 is 2.61 bits per heavy atom. The number of pyridine rings is 2. The maximum Gasteiger partial charge on any atom is 0.414 e. The fraction of sp³-hybridized carbons (Fsp3) is 0.364. The molecule has 2 atom stereocenters. The number of fused-ring (bicyclic) bond motifs is 1. The van der Waals surface area contributed by atoms with Crippen molar-refractivity contribution in [2.75, 3.05) is 11.9 Å². The van der Waals surface area contributed by atoms with Crippen LogP contribution in [0.3, 0.4) is 0 Å². The first kappa shape index (κ1) is 24.2. The van der Waals surface area contributed by atoms with E-state index in [4.69, 9.17) is 10.5 Å². The Morgan fingerprint density at radius 2 is 1.91 bits per heavy atom. The van der Waals surface area contributed by atoms with Crippen molar-refractivity contribution in [1.82, 2.24) is 20.2 Å². The maximum atomic E-state index is 12.4. The van der Waals surface area contributed by atoms with E-state index >= 15 is 0 Å². The van der Waals surface area contributed by atoms with E-state index in [1.165, 1.54) is 6.21 Å². The number of halogens is 3. The van der Waals surface area contributed by atoms with E-state index in [0.717, 1.165) is 11.8 Å². The Hall–Kier alpha value is -3.47. The number of alkyl halides is 3. The number of nitrogens with one attached hydrogen (secondary N) is 2. The van der Waals surface area contributed by atoms with Gasteiger partial charge < -0.3 is 15.8 Å². The molecule has 0 aliphatic carbocycles. The third-order valence-electron chi connectivity index (χ3n) is 4.90. The number of aliphatic imine (C=N–C) groups is 1. The van der Waals surface area contributed by atoms with Gasteiger partial charge >= 0.3 is 6.18 Å². The Labute approximate surface area is 188 Å². The van der Waals surface area contributed by atoms with Crippen molar-refractivity contribution in [1.29, 1.82) is 5.41 Å². The lowest BCUT2D eigenvalue weighted by atomic mass is 10.0. The summed E-state index contributed by atoms with van der Waals surface area (Å²) in [6.45, 7) is 3.91. The van der Waals surface area contributed by atoms with Gasteiger partial charge in [0.15, 0.2) is 11.9 Å². The maximum absolute atomic E-state index is 12.4. The minimum atomic E-state index is -4.67. The summed E-state index contributed by atoms with van der Waals surface area (Å²) in [5.41, 5.74) is 2.86. The molecule has 3 aromatic rings. The first-order valence-electron chi connectivity index (χ1n) is 10.3. The van der Waals surface area contributed by atoms with Crippen molar-refractivity contribution in [3.05, 3.63) is 47.8 Å². The molecule has 174 valence electrons. The van der Waals surface area contributed by atoms with E-state index in [2.05, 4.69) is 44.3 Å². The van der Waals surface area contributed by atoms with E-state index in [-0.39, 0.29) is 6.54 Å². The molecular formula is C22H24F3N7O. The van der Waals surface area contributed by atoms with E-state index in [9.17, 15) is 13.2 Å². The summed E-state index contributed by atoms with van der Waals surface area (Å²) in [6.07, 6.45) is -1.87. The topological polar surface area (TPSA) is 120 Å². The fourth-order valence-electron chi connectivity index (χ4n) is 2.94. The molecule has 0 aromatic carbocycles.